The van der Waals surface area contributed by atoms with Crippen molar-refractivity contribution in [3.05, 3.63) is 48.5 Å². The molecular formula is C16H22B2N2. The summed E-state index contributed by atoms with van der Waals surface area (Å²) >= 11 is 0. The lowest BCUT2D eigenvalue weighted by atomic mass is 9.18. The smallest absolute Gasteiger partial charge is 0.155 e. The molecule has 2 unspecified atom stereocenters. The van der Waals surface area contributed by atoms with Gasteiger partial charge >= 0.3 is 0 Å². The van der Waals surface area contributed by atoms with Crippen LogP contribution in [0, 0.1) is 0 Å². The summed E-state index contributed by atoms with van der Waals surface area (Å²) in [5.74, 6) is 0. The Bertz CT molecular complexity index is 648. The third kappa shape index (κ3) is 1.24. The quantitative estimate of drug-likeness (QED) is 0.607. The van der Waals surface area contributed by atoms with Crippen LogP contribution in [0.5, 0.6) is 0 Å². The molecule has 4 rings (SSSR count). The second kappa shape index (κ2) is 3.57. The molecule has 20 heavy (non-hydrogen) atoms. The molecule has 2 aliphatic heterocycles. The number of rotatable bonds is 0. The summed E-state index contributed by atoms with van der Waals surface area (Å²) in [7, 11) is 9.64. The third-order valence-corrected chi connectivity index (χ3v) is 6.52. The van der Waals surface area contributed by atoms with E-state index < -0.39 is 13.5 Å². The highest BCUT2D eigenvalue weighted by Gasteiger charge is 2.51. The lowest BCUT2D eigenvalue weighted by molar-refractivity contribution is 0.633. The van der Waals surface area contributed by atoms with Crippen molar-refractivity contribution in [1.29, 1.82) is 0 Å². The number of fused-ring (bicyclic) bond motifs is 5. The second-order valence-corrected chi connectivity index (χ2v) is 7.89. The third-order valence-electron chi connectivity index (χ3n) is 6.52. The summed E-state index contributed by atoms with van der Waals surface area (Å²) in [4.78, 5) is 0. The molecule has 2 nitrogen and oxygen atoms in total. The minimum atomic E-state index is -0.398. The number of nitrogens with zero attached hydrogens (tertiary/aromatic N) is 2. The van der Waals surface area contributed by atoms with Gasteiger partial charge in [0.2, 0.25) is 0 Å². The molecule has 2 aliphatic rings. The van der Waals surface area contributed by atoms with Crippen molar-refractivity contribution < 1.29 is 0 Å². The Morgan fingerprint density at radius 2 is 0.950 bits per heavy atom. The Morgan fingerprint density at radius 1 is 0.600 bits per heavy atom. The average molecular weight is 264 g/mol. The highest BCUT2D eigenvalue weighted by Crippen LogP contribution is 2.37. The molecule has 0 saturated heterocycles. The van der Waals surface area contributed by atoms with Gasteiger partial charge in [0.1, 0.15) is 0 Å². The lowest BCUT2D eigenvalue weighted by Gasteiger charge is -2.45. The van der Waals surface area contributed by atoms with E-state index in [0.29, 0.717) is 0 Å². The van der Waals surface area contributed by atoms with Gasteiger partial charge in [-0.3, -0.25) is 0 Å². The zero-order valence-corrected chi connectivity index (χ0v) is 12.9. The average Bonchev–Trinajstić information content (AvgIpc) is 2.82. The molecular weight excluding hydrogens is 242 g/mol. The standard InChI is InChI=1S/C16H22B2N2/c1-19(2)15-11-7-5-9-13(15)18-17(19)14-10-6-8-12-16(14)20(18,3)4/h5-12,17-18H,1-4H3. The fourth-order valence-corrected chi connectivity index (χ4v) is 5.73. The van der Waals surface area contributed by atoms with Crippen molar-refractivity contribution in [2.24, 2.45) is 0 Å². The molecule has 4 heteroatoms. The SMILES string of the molecule is C[N+]1(C)[BH-]2[BH-](c3ccccc31)[N+](C)(C)c1ccccc12. The second-order valence-electron chi connectivity index (χ2n) is 7.89. The largest absolute Gasteiger partial charge is 0.509 e. The van der Waals surface area contributed by atoms with Gasteiger partial charge in [0.15, 0.2) is 13.5 Å². The normalized spacial score (nSPS) is 27.8. The summed E-state index contributed by atoms with van der Waals surface area (Å²) < 4.78 is 2.16. The van der Waals surface area contributed by atoms with Crippen LogP contribution in [0.4, 0.5) is 11.4 Å². The summed E-state index contributed by atoms with van der Waals surface area (Å²) in [6.45, 7) is -0.796. The van der Waals surface area contributed by atoms with E-state index in [1.165, 1.54) is 0 Å². The molecule has 2 aromatic carbocycles. The van der Waals surface area contributed by atoms with Gasteiger partial charge in [0.25, 0.3) is 0 Å². The topological polar surface area (TPSA) is 0 Å². The van der Waals surface area contributed by atoms with Crippen LogP contribution in [0.1, 0.15) is 0 Å². The van der Waals surface area contributed by atoms with E-state index in [2.05, 4.69) is 76.7 Å². The molecule has 2 heterocycles. The van der Waals surface area contributed by atoms with Crippen molar-refractivity contribution in [2.75, 3.05) is 28.2 Å². The predicted molar refractivity (Wildman–Crippen MR) is 93.7 cm³/mol. The van der Waals surface area contributed by atoms with Gasteiger partial charge in [-0.25, -0.2) is 0 Å². The fourth-order valence-electron chi connectivity index (χ4n) is 5.73. The Morgan fingerprint density at radius 3 is 1.35 bits per heavy atom. The van der Waals surface area contributed by atoms with E-state index in [9.17, 15) is 0 Å². The summed E-state index contributed by atoms with van der Waals surface area (Å²) in [6, 6.07) is 18.3. The van der Waals surface area contributed by atoms with E-state index in [0.717, 1.165) is 8.79 Å². The minimum absolute atomic E-state index is 0.398. The molecule has 0 spiro atoms. The van der Waals surface area contributed by atoms with Crippen LogP contribution in [-0.2, 0) is 0 Å². The highest BCUT2D eigenvalue weighted by atomic mass is 15.3. The number of hydrogen-bond acceptors (Lipinski definition) is 0. The Kier molecular flexibility index (Phi) is 2.19. The maximum absolute atomic E-state index is 2.41. The summed E-state index contributed by atoms with van der Waals surface area (Å²) in [5.41, 5.74) is 6.37. The van der Waals surface area contributed by atoms with E-state index in [1.807, 2.05) is 0 Å². The summed E-state index contributed by atoms with van der Waals surface area (Å²) in [5, 5.41) is 0. The van der Waals surface area contributed by atoms with Gasteiger partial charge in [-0.2, -0.15) is 0 Å². The van der Waals surface area contributed by atoms with Crippen molar-refractivity contribution >= 4 is 35.8 Å². The number of para-hydroxylation sites is 2. The molecule has 0 amide bonds. The number of quaternary nitrogens is 2. The van der Waals surface area contributed by atoms with Crippen LogP contribution >= 0.6 is 0 Å². The zero-order valence-electron chi connectivity index (χ0n) is 12.9. The van der Waals surface area contributed by atoms with E-state index >= 15 is 0 Å². The van der Waals surface area contributed by atoms with Crippen LogP contribution in [-0.4, -0.2) is 41.7 Å². The maximum atomic E-state index is 2.41. The first kappa shape index (κ1) is 12.2. The first-order chi connectivity index (χ1) is 9.45. The summed E-state index contributed by atoms with van der Waals surface area (Å²) in [6.07, 6.45) is 0. The first-order valence-corrected chi connectivity index (χ1v) is 7.73. The zero-order chi connectivity index (χ0) is 14.1. The van der Waals surface area contributed by atoms with E-state index in [1.54, 1.807) is 22.3 Å². The molecule has 0 aromatic heterocycles. The van der Waals surface area contributed by atoms with Crippen molar-refractivity contribution in [1.82, 2.24) is 8.79 Å². The van der Waals surface area contributed by atoms with Gasteiger partial charge in [0.05, 0.1) is 11.4 Å². The van der Waals surface area contributed by atoms with Gasteiger partial charge < -0.3 is 8.79 Å². The molecule has 0 bridgehead atoms. The molecule has 0 N–H and O–H groups in total. The van der Waals surface area contributed by atoms with Gasteiger partial charge in [-0.1, -0.05) is 36.4 Å². The maximum Gasteiger partial charge on any atom is 0.155 e. The van der Waals surface area contributed by atoms with Crippen LogP contribution in [0.25, 0.3) is 0 Å². The Balaban J connectivity index is 2.05. The minimum Gasteiger partial charge on any atom is -0.509 e. The molecule has 102 valence electrons. The van der Waals surface area contributed by atoms with Crippen LogP contribution in [0.2, 0.25) is 0 Å². The van der Waals surface area contributed by atoms with Gasteiger partial charge in [-0.15, -0.1) is 10.9 Å². The van der Waals surface area contributed by atoms with E-state index in [4.69, 9.17) is 0 Å². The predicted octanol–water partition coefficient (Wildman–Crippen LogP) is 0.488. The number of benzene rings is 2. The van der Waals surface area contributed by atoms with Crippen LogP contribution in [0.3, 0.4) is 0 Å². The van der Waals surface area contributed by atoms with Crippen molar-refractivity contribution in [3.8, 4) is 0 Å². The van der Waals surface area contributed by atoms with Crippen LogP contribution < -0.4 is 19.7 Å². The molecule has 0 aliphatic carbocycles. The molecule has 0 fully saturated rings. The van der Waals surface area contributed by atoms with Gasteiger partial charge in [-0.05, 0) is 12.1 Å². The molecule has 0 saturated carbocycles. The molecule has 2 atom stereocenters. The molecule has 0 radical (unpaired) electrons. The number of hydrogen-bond donors (Lipinski definition) is 0. The Hall–Kier alpha value is -1.51. The monoisotopic (exact) mass is 264 g/mol. The van der Waals surface area contributed by atoms with Crippen molar-refractivity contribution in [2.45, 2.75) is 0 Å². The van der Waals surface area contributed by atoms with Crippen molar-refractivity contribution in [3.63, 3.8) is 0 Å². The van der Waals surface area contributed by atoms with Gasteiger partial charge in [0, 0.05) is 28.2 Å². The Labute approximate surface area is 122 Å². The van der Waals surface area contributed by atoms with E-state index in [-0.39, 0.29) is 0 Å². The highest BCUT2D eigenvalue weighted by molar-refractivity contribution is 7.37. The molecule has 2 aromatic rings. The lowest BCUT2D eigenvalue weighted by Crippen LogP contribution is -2.68. The fraction of sp³-hybridized carbons (Fsp3) is 0.250. The first-order valence-electron chi connectivity index (χ1n) is 7.73. The van der Waals surface area contributed by atoms with Crippen LogP contribution in [0.15, 0.2) is 48.5 Å².